The van der Waals surface area contributed by atoms with Gasteiger partial charge in [-0.15, -0.1) is 0 Å². The molecule has 150 valence electrons. The van der Waals surface area contributed by atoms with Gasteiger partial charge in [-0.25, -0.2) is 9.79 Å². The van der Waals surface area contributed by atoms with Crippen molar-refractivity contribution in [1.82, 2.24) is 10.2 Å². The minimum atomic E-state index is -0.609. The molecule has 9 nitrogen and oxygen atoms in total. The van der Waals surface area contributed by atoms with Gasteiger partial charge in [0.15, 0.2) is 0 Å². The van der Waals surface area contributed by atoms with E-state index >= 15 is 0 Å². The normalized spacial score (nSPS) is 21.7. The summed E-state index contributed by atoms with van der Waals surface area (Å²) in [5.41, 5.74) is 2.17. The fraction of sp³-hybridized carbons (Fsp3) is 0.474. The molecular weight excluding hydrogens is 364 g/mol. The first-order valence-corrected chi connectivity index (χ1v) is 9.34. The van der Waals surface area contributed by atoms with E-state index in [0.717, 1.165) is 5.70 Å². The summed E-state index contributed by atoms with van der Waals surface area (Å²) < 4.78 is 11.0. The molecule has 1 aromatic rings. The first kappa shape index (κ1) is 19.7. The predicted molar refractivity (Wildman–Crippen MR) is 103 cm³/mol. The molecule has 0 radical (unpaired) electrons. The molecule has 0 spiro atoms. The predicted octanol–water partition coefficient (Wildman–Crippen LogP) is 3.14. The van der Waals surface area contributed by atoms with Crippen molar-refractivity contribution < 1.29 is 19.2 Å². The Morgan fingerprint density at radius 2 is 2.25 bits per heavy atom. The Morgan fingerprint density at radius 3 is 2.86 bits per heavy atom. The fourth-order valence-corrected chi connectivity index (χ4v) is 3.56. The number of hydrogen-bond donors (Lipinski definition) is 1. The number of nitrogens with zero attached hydrogens (tertiary/aromatic N) is 3. The molecule has 3 rings (SSSR count). The summed E-state index contributed by atoms with van der Waals surface area (Å²) in [5.74, 6) is 0.460. The van der Waals surface area contributed by atoms with E-state index in [2.05, 4.69) is 10.3 Å². The minimum absolute atomic E-state index is 0.0424. The summed E-state index contributed by atoms with van der Waals surface area (Å²) in [6.07, 6.45) is -0.210. The summed E-state index contributed by atoms with van der Waals surface area (Å²) in [6.45, 7) is 6.81. The average molecular weight is 388 g/mol. The van der Waals surface area contributed by atoms with Crippen molar-refractivity contribution in [3.05, 3.63) is 51.2 Å². The smallest absolute Gasteiger partial charge is 0.412 e. The van der Waals surface area contributed by atoms with E-state index in [1.807, 2.05) is 13.8 Å². The number of nitro benzene ring substituents is 1. The van der Waals surface area contributed by atoms with Crippen molar-refractivity contribution in [2.24, 2.45) is 4.99 Å². The molecule has 2 heterocycles. The van der Waals surface area contributed by atoms with Crippen molar-refractivity contribution in [2.75, 3.05) is 19.8 Å². The molecule has 1 aromatic carbocycles. The average Bonchev–Trinajstić information content (AvgIpc) is 3.21. The number of aliphatic imine (C=N–C) groups is 1. The quantitative estimate of drug-likeness (QED) is 0.613. The Kier molecular flexibility index (Phi) is 5.81. The van der Waals surface area contributed by atoms with Crippen LogP contribution in [-0.4, -0.2) is 47.7 Å². The maximum Gasteiger partial charge on any atom is 0.412 e. The second-order valence-corrected chi connectivity index (χ2v) is 6.46. The van der Waals surface area contributed by atoms with Gasteiger partial charge in [0.05, 0.1) is 29.7 Å². The van der Waals surface area contributed by atoms with Crippen molar-refractivity contribution in [2.45, 2.75) is 39.4 Å². The highest BCUT2D eigenvalue weighted by atomic mass is 16.6. The van der Waals surface area contributed by atoms with E-state index in [1.165, 1.54) is 12.1 Å². The molecule has 0 saturated carbocycles. The number of ether oxygens (including phenoxy) is 2. The van der Waals surface area contributed by atoms with Crippen molar-refractivity contribution >= 4 is 17.7 Å². The van der Waals surface area contributed by atoms with Crippen LogP contribution in [0.25, 0.3) is 0 Å². The van der Waals surface area contributed by atoms with Gasteiger partial charge >= 0.3 is 6.09 Å². The molecule has 2 atom stereocenters. The Morgan fingerprint density at radius 1 is 1.46 bits per heavy atom. The summed E-state index contributed by atoms with van der Waals surface area (Å²) in [5, 5.41) is 14.6. The first-order chi connectivity index (χ1) is 13.5. The van der Waals surface area contributed by atoms with Gasteiger partial charge in [-0.1, -0.05) is 19.1 Å². The lowest BCUT2D eigenvalue weighted by Crippen LogP contribution is -2.54. The molecule has 0 fully saturated rings. The summed E-state index contributed by atoms with van der Waals surface area (Å²) in [7, 11) is 0. The minimum Gasteiger partial charge on any atom is -0.476 e. The maximum atomic E-state index is 12.8. The maximum absolute atomic E-state index is 12.8. The number of nitrogens with one attached hydrogen (secondary N) is 1. The second kappa shape index (κ2) is 8.28. The molecule has 2 aliphatic heterocycles. The number of nitro groups is 1. The fourth-order valence-electron chi connectivity index (χ4n) is 3.56. The lowest BCUT2D eigenvalue weighted by molar-refractivity contribution is -0.384. The van der Waals surface area contributed by atoms with Gasteiger partial charge in [0.25, 0.3) is 5.69 Å². The largest absolute Gasteiger partial charge is 0.476 e. The third kappa shape index (κ3) is 3.64. The SMILES string of the molecule is CCOC(=O)N1C(C)NC(CC)=C(C2=NCCO2)C1c1cccc([N+](=O)[O-])c1. The summed E-state index contributed by atoms with van der Waals surface area (Å²) in [4.78, 5) is 29.6. The van der Waals surface area contributed by atoms with E-state index in [-0.39, 0.29) is 18.5 Å². The van der Waals surface area contributed by atoms with Gasteiger partial charge < -0.3 is 14.8 Å². The lowest BCUT2D eigenvalue weighted by Gasteiger charge is -2.43. The lowest BCUT2D eigenvalue weighted by atomic mass is 9.91. The zero-order chi connectivity index (χ0) is 20.3. The van der Waals surface area contributed by atoms with Crippen molar-refractivity contribution in [1.29, 1.82) is 0 Å². The molecule has 2 unspecified atom stereocenters. The van der Waals surface area contributed by atoms with Gasteiger partial charge in [0.1, 0.15) is 12.8 Å². The van der Waals surface area contributed by atoms with Crippen LogP contribution in [0.15, 0.2) is 40.5 Å². The van der Waals surface area contributed by atoms with Crippen LogP contribution in [0, 0.1) is 10.1 Å². The number of non-ortho nitro benzene ring substituents is 1. The van der Waals surface area contributed by atoms with Gasteiger partial charge in [-0.3, -0.25) is 15.0 Å². The Hall–Kier alpha value is -3.10. The Labute approximate surface area is 163 Å². The van der Waals surface area contributed by atoms with Crippen molar-refractivity contribution in [3.8, 4) is 0 Å². The summed E-state index contributed by atoms with van der Waals surface area (Å²) in [6, 6.07) is 5.69. The highest BCUT2D eigenvalue weighted by Gasteiger charge is 2.42. The molecule has 0 bridgehead atoms. The molecule has 28 heavy (non-hydrogen) atoms. The van der Waals surface area contributed by atoms with E-state index < -0.39 is 17.1 Å². The number of benzene rings is 1. The topological polar surface area (TPSA) is 106 Å². The Balaban J connectivity index is 2.19. The number of amides is 1. The molecule has 1 amide bonds. The summed E-state index contributed by atoms with van der Waals surface area (Å²) >= 11 is 0. The number of rotatable bonds is 5. The monoisotopic (exact) mass is 388 g/mol. The van der Waals surface area contributed by atoms with E-state index in [0.29, 0.717) is 36.6 Å². The standard InChI is InChI=1S/C19H24N4O5/c1-4-15-16(18-20-9-10-28-18)17(13-7-6-8-14(11-13)23(25)26)22(12(3)21-15)19(24)27-5-2/h6-8,11-12,17,21H,4-5,9-10H2,1-3H3. The molecule has 9 heteroatoms. The molecule has 2 aliphatic rings. The number of hydrogen-bond acceptors (Lipinski definition) is 7. The van der Waals surface area contributed by atoms with Crippen LogP contribution < -0.4 is 5.32 Å². The molecule has 0 saturated heterocycles. The van der Waals surface area contributed by atoms with Crippen LogP contribution in [0.4, 0.5) is 10.5 Å². The third-order valence-corrected chi connectivity index (χ3v) is 4.72. The van der Waals surface area contributed by atoms with Crippen LogP contribution in [0.1, 0.15) is 38.8 Å². The second-order valence-electron chi connectivity index (χ2n) is 6.46. The number of allylic oxidation sites excluding steroid dienone is 1. The van der Waals surface area contributed by atoms with Crippen molar-refractivity contribution in [3.63, 3.8) is 0 Å². The number of carbonyl (C=O) groups is 1. The van der Waals surface area contributed by atoms with Crippen LogP contribution in [0.3, 0.4) is 0 Å². The van der Waals surface area contributed by atoms with Gasteiger partial charge in [0, 0.05) is 17.8 Å². The van der Waals surface area contributed by atoms with E-state index in [4.69, 9.17) is 9.47 Å². The van der Waals surface area contributed by atoms with Crippen LogP contribution >= 0.6 is 0 Å². The van der Waals surface area contributed by atoms with Crippen LogP contribution in [-0.2, 0) is 9.47 Å². The van der Waals surface area contributed by atoms with E-state index in [9.17, 15) is 14.9 Å². The zero-order valence-electron chi connectivity index (χ0n) is 16.2. The third-order valence-electron chi connectivity index (χ3n) is 4.72. The number of carbonyl (C=O) groups excluding carboxylic acids is 1. The van der Waals surface area contributed by atoms with Gasteiger partial charge in [-0.05, 0) is 25.8 Å². The van der Waals surface area contributed by atoms with Gasteiger partial charge in [0.2, 0.25) is 5.90 Å². The highest BCUT2D eigenvalue weighted by Crippen LogP contribution is 2.38. The molecule has 0 aromatic heterocycles. The molecule has 1 N–H and O–H groups in total. The Bertz CT molecular complexity index is 835. The van der Waals surface area contributed by atoms with E-state index in [1.54, 1.807) is 24.0 Å². The molecule has 0 aliphatic carbocycles. The highest BCUT2D eigenvalue weighted by molar-refractivity contribution is 5.97. The van der Waals surface area contributed by atoms with Gasteiger partial charge in [-0.2, -0.15) is 0 Å². The van der Waals surface area contributed by atoms with Crippen LogP contribution in [0.2, 0.25) is 0 Å². The molecular formula is C19H24N4O5. The van der Waals surface area contributed by atoms with Crippen LogP contribution in [0.5, 0.6) is 0 Å². The first-order valence-electron chi connectivity index (χ1n) is 9.34. The zero-order valence-corrected chi connectivity index (χ0v) is 16.2.